The first kappa shape index (κ1) is 10.9. The van der Waals surface area contributed by atoms with E-state index in [9.17, 15) is 10.2 Å². The number of aromatic nitrogens is 1. The molecule has 0 aliphatic rings. The van der Waals surface area contributed by atoms with Crippen LogP contribution in [0, 0.1) is 11.3 Å². The maximum Gasteiger partial charge on any atom is 0.107 e. The molecule has 0 amide bonds. The molecule has 0 aromatic carbocycles. The topological polar surface area (TPSA) is 77.1 Å². The molecule has 2 atom stereocenters. The van der Waals surface area contributed by atoms with Crippen LogP contribution in [0.1, 0.15) is 18.1 Å². The molecule has 0 fully saturated rings. The lowest BCUT2D eigenvalue weighted by atomic mass is 10.0. The maximum absolute atomic E-state index is 9.54. The van der Waals surface area contributed by atoms with Crippen LogP contribution in [-0.2, 0) is 0 Å². The number of nitrogens with zero attached hydrogens (tertiary/aromatic N) is 2. The number of nitriles is 1. The van der Waals surface area contributed by atoms with E-state index in [-0.39, 0.29) is 6.42 Å². The lowest BCUT2D eigenvalue weighted by molar-refractivity contribution is 0.0214. The molecule has 0 aliphatic heterocycles. The van der Waals surface area contributed by atoms with Crippen molar-refractivity contribution in [2.45, 2.75) is 18.6 Å². The molecule has 5 heteroatoms. The van der Waals surface area contributed by atoms with Crippen molar-refractivity contribution in [3.8, 4) is 6.07 Å². The Morgan fingerprint density at radius 2 is 2.21 bits per heavy atom. The van der Waals surface area contributed by atoms with Gasteiger partial charge >= 0.3 is 0 Å². The summed E-state index contributed by atoms with van der Waals surface area (Å²) in [5, 5.41) is 27.6. The van der Waals surface area contributed by atoms with E-state index < -0.39 is 12.2 Å². The molecule has 0 saturated carbocycles. The lowest BCUT2D eigenvalue weighted by Gasteiger charge is -2.14. The molecule has 0 aliphatic carbocycles. The summed E-state index contributed by atoms with van der Waals surface area (Å²) in [4.78, 5) is 3.76. The SMILES string of the molecule is N#CCC(O)C(O)c1cncc(Cl)c1. The van der Waals surface area contributed by atoms with Crippen molar-refractivity contribution >= 4 is 11.6 Å². The molecule has 1 heterocycles. The van der Waals surface area contributed by atoms with Gasteiger partial charge in [0.15, 0.2) is 0 Å². The van der Waals surface area contributed by atoms with E-state index >= 15 is 0 Å². The average Bonchev–Trinajstić information content (AvgIpc) is 2.17. The molecule has 1 rings (SSSR count). The Bertz CT molecular complexity index is 351. The second kappa shape index (κ2) is 4.91. The molecule has 4 nitrogen and oxygen atoms in total. The van der Waals surface area contributed by atoms with Gasteiger partial charge in [0, 0.05) is 18.0 Å². The quantitative estimate of drug-likeness (QED) is 0.785. The predicted molar refractivity (Wildman–Crippen MR) is 50.4 cm³/mol. The highest BCUT2D eigenvalue weighted by molar-refractivity contribution is 6.30. The van der Waals surface area contributed by atoms with E-state index in [4.69, 9.17) is 16.9 Å². The average molecular weight is 213 g/mol. The van der Waals surface area contributed by atoms with Crippen molar-refractivity contribution in [2.75, 3.05) is 0 Å². The monoisotopic (exact) mass is 212 g/mol. The molecular weight excluding hydrogens is 204 g/mol. The first-order chi connectivity index (χ1) is 6.65. The van der Waals surface area contributed by atoms with Crippen LogP contribution in [0.15, 0.2) is 18.5 Å². The molecular formula is C9H9ClN2O2. The van der Waals surface area contributed by atoms with Crippen LogP contribution in [0.25, 0.3) is 0 Å². The smallest absolute Gasteiger partial charge is 0.107 e. The van der Waals surface area contributed by atoms with E-state index in [0.717, 1.165) is 0 Å². The fourth-order valence-electron chi connectivity index (χ4n) is 1.02. The fourth-order valence-corrected chi connectivity index (χ4v) is 1.20. The highest BCUT2D eigenvalue weighted by Gasteiger charge is 2.18. The van der Waals surface area contributed by atoms with Crippen molar-refractivity contribution in [2.24, 2.45) is 0 Å². The van der Waals surface area contributed by atoms with Gasteiger partial charge in [0.2, 0.25) is 0 Å². The number of aliphatic hydroxyl groups is 2. The van der Waals surface area contributed by atoms with E-state index in [1.807, 2.05) is 0 Å². The van der Waals surface area contributed by atoms with E-state index in [1.165, 1.54) is 18.5 Å². The minimum absolute atomic E-state index is 0.131. The van der Waals surface area contributed by atoms with Gasteiger partial charge in [-0.25, -0.2) is 0 Å². The van der Waals surface area contributed by atoms with Crippen LogP contribution < -0.4 is 0 Å². The van der Waals surface area contributed by atoms with Crippen LogP contribution in [0.4, 0.5) is 0 Å². The summed E-state index contributed by atoms with van der Waals surface area (Å²) in [5.41, 5.74) is 0.403. The maximum atomic E-state index is 9.54. The summed E-state index contributed by atoms with van der Waals surface area (Å²) in [5.74, 6) is 0. The van der Waals surface area contributed by atoms with Gasteiger partial charge in [-0.15, -0.1) is 0 Å². The van der Waals surface area contributed by atoms with Gasteiger partial charge in [-0.2, -0.15) is 5.26 Å². The van der Waals surface area contributed by atoms with Crippen molar-refractivity contribution in [1.82, 2.24) is 4.98 Å². The Balaban J connectivity index is 2.79. The van der Waals surface area contributed by atoms with Gasteiger partial charge in [-0.1, -0.05) is 11.6 Å². The predicted octanol–water partition coefficient (Wildman–Crippen LogP) is 1.04. The minimum atomic E-state index is -1.12. The van der Waals surface area contributed by atoms with Gasteiger partial charge in [0.25, 0.3) is 0 Å². The third-order valence-electron chi connectivity index (χ3n) is 1.73. The molecule has 0 spiro atoms. The van der Waals surface area contributed by atoms with Crippen molar-refractivity contribution in [1.29, 1.82) is 5.26 Å². The minimum Gasteiger partial charge on any atom is -0.389 e. The van der Waals surface area contributed by atoms with E-state index in [0.29, 0.717) is 10.6 Å². The number of pyridine rings is 1. The molecule has 0 bridgehead atoms. The largest absolute Gasteiger partial charge is 0.389 e. The molecule has 2 N–H and O–H groups in total. The molecule has 2 unspecified atom stereocenters. The summed E-state index contributed by atoms with van der Waals surface area (Å²) in [6.07, 6.45) is 0.459. The summed E-state index contributed by atoms with van der Waals surface area (Å²) < 4.78 is 0. The third kappa shape index (κ3) is 2.67. The van der Waals surface area contributed by atoms with E-state index in [2.05, 4.69) is 4.98 Å². The normalized spacial score (nSPS) is 14.4. The second-order valence-corrected chi connectivity index (χ2v) is 3.25. The van der Waals surface area contributed by atoms with Crippen LogP contribution in [0.3, 0.4) is 0 Å². The highest BCUT2D eigenvalue weighted by atomic mass is 35.5. The Kier molecular flexibility index (Phi) is 3.84. The zero-order chi connectivity index (χ0) is 10.6. The third-order valence-corrected chi connectivity index (χ3v) is 1.94. The van der Waals surface area contributed by atoms with Gasteiger partial charge < -0.3 is 10.2 Å². The standard InChI is InChI=1S/C9H9ClN2O2/c10-7-3-6(4-12-5-7)9(14)8(13)1-2-11/h3-5,8-9,13-14H,1H2. The first-order valence-corrected chi connectivity index (χ1v) is 4.36. The van der Waals surface area contributed by atoms with Gasteiger partial charge in [-0.05, 0) is 6.07 Å². The fraction of sp³-hybridized carbons (Fsp3) is 0.333. The summed E-state index contributed by atoms with van der Waals surface area (Å²) in [7, 11) is 0. The highest BCUT2D eigenvalue weighted by Crippen LogP contribution is 2.20. The summed E-state index contributed by atoms with van der Waals surface area (Å²) >= 11 is 5.65. The molecule has 0 radical (unpaired) electrons. The van der Waals surface area contributed by atoms with Crippen molar-refractivity contribution in [3.63, 3.8) is 0 Å². The van der Waals surface area contributed by atoms with Crippen LogP contribution in [-0.4, -0.2) is 21.3 Å². The van der Waals surface area contributed by atoms with Crippen LogP contribution in [0.2, 0.25) is 5.02 Å². The summed E-state index contributed by atoms with van der Waals surface area (Å²) in [6.45, 7) is 0. The Labute approximate surface area is 86.4 Å². The van der Waals surface area contributed by atoms with Crippen molar-refractivity contribution < 1.29 is 10.2 Å². The molecule has 0 saturated heterocycles. The Morgan fingerprint density at radius 1 is 1.50 bits per heavy atom. The zero-order valence-electron chi connectivity index (χ0n) is 7.26. The zero-order valence-corrected chi connectivity index (χ0v) is 8.02. The number of hydrogen-bond acceptors (Lipinski definition) is 4. The molecule has 1 aromatic rings. The number of aliphatic hydroxyl groups excluding tert-OH is 2. The molecule has 14 heavy (non-hydrogen) atoms. The Morgan fingerprint density at radius 3 is 2.79 bits per heavy atom. The second-order valence-electron chi connectivity index (χ2n) is 2.81. The lowest BCUT2D eigenvalue weighted by Crippen LogP contribution is -2.17. The number of hydrogen-bond donors (Lipinski definition) is 2. The van der Waals surface area contributed by atoms with Crippen molar-refractivity contribution in [3.05, 3.63) is 29.0 Å². The Hall–Kier alpha value is -1.15. The first-order valence-electron chi connectivity index (χ1n) is 3.98. The number of halogens is 1. The molecule has 1 aromatic heterocycles. The van der Waals surface area contributed by atoms with Crippen LogP contribution in [0.5, 0.6) is 0 Å². The van der Waals surface area contributed by atoms with Gasteiger partial charge in [0.05, 0.1) is 23.6 Å². The van der Waals surface area contributed by atoms with Gasteiger partial charge in [-0.3, -0.25) is 4.98 Å². The summed E-state index contributed by atoms with van der Waals surface area (Å²) in [6, 6.07) is 3.27. The van der Waals surface area contributed by atoms with Crippen LogP contribution >= 0.6 is 11.6 Å². The molecule has 74 valence electrons. The number of rotatable bonds is 3. The van der Waals surface area contributed by atoms with Gasteiger partial charge in [0.1, 0.15) is 6.10 Å². The van der Waals surface area contributed by atoms with E-state index in [1.54, 1.807) is 6.07 Å².